The highest BCUT2D eigenvalue weighted by molar-refractivity contribution is 5.34. The summed E-state index contributed by atoms with van der Waals surface area (Å²) in [4.78, 5) is 0. The van der Waals surface area contributed by atoms with Crippen LogP contribution in [0.15, 0.2) is 24.3 Å². The van der Waals surface area contributed by atoms with Crippen molar-refractivity contribution in [1.29, 1.82) is 0 Å². The first-order chi connectivity index (χ1) is 6.90. The third-order valence-corrected chi connectivity index (χ3v) is 2.67. The number of benzene rings is 1. The van der Waals surface area contributed by atoms with Gasteiger partial charge in [-0.1, -0.05) is 25.1 Å². The summed E-state index contributed by atoms with van der Waals surface area (Å²) in [7, 11) is 0. The molecule has 0 aliphatic carbocycles. The van der Waals surface area contributed by atoms with Crippen LogP contribution in [0, 0.1) is 0 Å². The van der Waals surface area contributed by atoms with E-state index in [-0.39, 0.29) is 0 Å². The van der Waals surface area contributed by atoms with Gasteiger partial charge in [-0.25, -0.2) is 0 Å². The summed E-state index contributed by atoms with van der Waals surface area (Å²) < 4.78 is 5.75. The van der Waals surface area contributed by atoms with Gasteiger partial charge in [-0.05, 0) is 31.0 Å². The van der Waals surface area contributed by atoms with E-state index in [9.17, 15) is 0 Å². The van der Waals surface area contributed by atoms with E-state index in [0.717, 1.165) is 25.3 Å². The minimum absolute atomic E-state index is 0.507. The Bertz CT molecular complexity index is 271. The summed E-state index contributed by atoms with van der Waals surface area (Å²) in [6, 6.07) is 8.84. The highest BCUT2D eigenvalue weighted by Gasteiger charge is 2.15. The monoisotopic (exact) mass is 191 g/mol. The molecule has 1 unspecified atom stereocenters. The molecule has 14 heavy (non-hydrogen) atoms. The quantitative estimate of drug-likeness (QED) is 0.772. The molecule has 0 radical (unpaired) electrons. The Morgan fingerprint density at radius 3 is 3.14 bits per heavy atom. The zero-order valence-corrected chi connectivity index (χ0v) is 8.62. The molecule has 2 rings (SSSR count). The van der Waals surface area contributed by atoms with Gasteiger partial charge in [0.1, 0.15) is 12.4 Å². The van der Waals surface area contributed by atoms with Gasteiger partial charge in [0, 0.05) is 6.04 Å². The molecular formula is C12H17NO. The second kappa shape index (κ2) is 4.47. The van der Waals surface area contributed by atoms with Crippen molar-refractivity contribution < 1.29 is 4.74 Å². The Morgan fingerprint density at radius 2 is 2.29 bits per heavy atom. The summed E-state index contributed by atoms with van der Waals surface area (Å²) in [5.41, 5.74) is 1.34. The highest BCUT2D eigenvalue weighted by atomic mass is 16.5. The average molecular weight is 191 g/mol. The lowest BCUT2D eigenvalue weighted by Crippen LogP contribution is -2.33. The Balaban J connectivity index is 2.06. The van der Waals surface area contributed by atoms with Gasteiger partial charge in [0.2, 0.25) is 0 Å². The predicted octanol–water partition coefficient (Wildman–Crippen LogP) is 1.99. The van der Waals surface area contributed by atoms with Crippen LogP contribution in [-0.2, 0) is 6.42 Å². The normalized spacial score (nSPS) is 20.8. The van der Waals surface area contributed by atoms with E-state index in [1.54, 1.807) is 0 Å². The van der Waals surface area contributed by atoms with Crippen LogP contribution in [0.25, 0.3) is 0 Å². The third kappa shape index (κ3) is 2.07. The molecule has 0 fully saturated rings. The first-order valence-corrected chi connectivity index (χ1v) is 5.34. The average Bonchev–Trinajstić information content (AvgIpc) is 2.42. The molecule has 1 atom stereocenters. The van der Waals surface area contributed by atoms with Crippen LogP contribution in [0.1, 0.15) is 18.9 Å². The van der Waals surface area contributed by atoms with Gasteiger partial charge in [0.15, 0.2) is 0 Å². The van der Waals surface area contributed by atoms with Gasteiger partial charge in [-0.2, -0.15) is 0 Å². The summed E-state index contributed by atoms with van der Waals surface area (Å²) >= 11 is 0. The molecule has 0 bridgehead atoms. The molecule has 0 spiro atoms. The standard InChI is InChI=1S/C12H17NO/c1-2-13-11-8-7-10-5-3-4-6-12(10)14-9-11/h3-6,11,13H,2,7-9H2,1H3. The molecule has 0 aromatic heterocycles. The summed E-state index contributed by atoms with van der Waals surface area (Å²) in [5.74, 6) is 1.06. The van der Waals surface area contributed by atoms with Gasteiger partial charge >= 0.3 is 0 Å². The second-order valence-corrected chi connectivity index (χ2v) is 3.71. The maximum atomic E-state index is 5.75. The first-order valence-electron chi connectivity index (χ1n) is 5.34. The van der Waals surface area contributed by atoms with E-state index in [4.69, 9.17) is 4.74 Å². The van der Waals surface area contributed by atoms with E-state index >= 15 is 0 Å². The van der Waals surface area contributed by atoms with Crippen LogP contribution in [0.5, 0.6) is 5.75 Å². The Labute approximate surface area is 85.3 Å². The Kier molecular flexibility index (Phi) is 3.04. The maximum absolute atomic E-state index is 5.75. The molecule has 1 aliphatic rings. The van der Waals surface area contributed by atoms with E-state index in [1.165, 1.54) is 12.0 Å². The minimum atomic E-state index is 0.507. The number of aryl methyl sites for hydroxylation is 1. The topological polar surface area (TPSA) is 21.3 Å². The number of ether oxygens (including phenoxy) is 1. The fraction of sp³-hybridized carbons (Fsp3) is 0.500. The summed E-state index contributed by atoms with van der Waals surface area (Å²) in [6.07, 6.45) is 2.29. The summed E-state index contributed by atoms with van der Waals surface area (Å²) in [6.45, 7) is 3.95. The fourth-order valence-electron chi connectivity index (χ4n) is 1.90. The number of hydrogen-bond acceptors (Lipinski definition) is 2. The maximum Gasteiger partial charge on any atom is 0.122 e. The Hall–Kier alpha value is -1.02. The number of fused-ring (bicyclic) bond motifs is 1. The molecule has 0 amide bonds. The largest absolute Gasteiger partial charge is 0.492 e. The van der Waals surface area contributed by atoms with Crippen molar-refractivity contribution in [2.75, 3.05) is 13.2 Å². The van der Waals surface area contributed by atoms with Crippen molar-refractivity contribution in [3.63, 3.8) is 0 Å². The van der Waals surface area contributed by atoms with E-state index in [2.05, 4.69) is 30.4 Å². The number of nitrogens with one attached hydrogen (secondary N) is 1. The molecule has 1 aromatic rings. The number of para-hydroxylation sites is 1. The SMILES string of the molecule is CCNC1CCc2ccccc2OC1. The molecule has 0 saturated carbocycles. The third-order valence-electron chi connectivity index (χ3n) is 2.67. The van der Waals surface area contributed by atoms with Crippen molar-refractivity contribution in [2.45, 2.75) is 25.8 Å². The van der Waals surface area contributed by atoms with Gasteiger partial charge in [0.25, 0.3) is 0 Å². The molecule has 1 aromatic carbocycles. The number of likely N-dealkylation sites (N-methyl/N-ethyl adjacent to an activating group) is 1. The predicted molar refractivity (Wildman–Crippen MR) is 57.7 cm³/mol. The van der Waals surface area contributed by atoms with Crippen LogP contribution in [0.4, 0.5) is 0 Å². The zero-order chi connectivity index (χ0) is 9.80. The van der Waals surface area contributed by atoms with Crippen LogP contribution < -0.4 is 10.1 Å². The van der Waals surface area contributed by atoms with Crippen molar-refractivity contribution in [3.8, 4) is 5.75 Å². The smallest absolute Gasteiger partial charge is 0.122 e. The minimum Gasteiger partial charge on any atom is -0.492 e. The van der Waals surface area contributed by atoms with E-state index < -0.39 is 0 Å². The molecule has 2 nitrogen and oxygen atoms in total. The van der Waals surface area contributed by atoms with Gasteiger partial charge in [-0.15, -0.1) is 0 Å². The molecule has 0 saturated heterocycles. The van der Waals surface area contributed by atoms with Crippen molar-refractivity contribution >= 4 is 0 Å². The van der Waals surface area contributed by atoms with E-state index in [0.29, 0.717) is 6.04 Å². The summed E-state index contributed by atoms with van der Waals surface area (Å²) in [5, 5.41) is 3.43. The number of hydrogen-bond donors (Lipinski definition) is 1. The molecule has 1 N–H and O–H groups in total. The fourth-order valence-corrected chi connectivity index (χ4v) is 1.90. The first kappa shape index (κ1) is 9.53. The van der Waals surface area contributed by atoms with Gasteiger partial charge < -0.3 is 10.1 Å². The van der Waals surface area contributed by atoms with Crippen molar-refractivity contribution in [2.24, 2.45) is 0 Å². The second-order valence-electron chi connectivity index (χ2n) is 3.71. The van der Waals surface area contributed by atoms with E-state index in [1.807, 2.05) is 6.07 Å². The zero-order valence-electron chi connectivity index (χ0n) is 8.62. The lowest BCUT2D eigenvalue weighted by Gasteiger charge is -2.14. The Morgan fingerprint density at radius 1 is 1.43 bits per heavy atom. The van der Waals surface area contributed by atoms with Crippen molar-refractivity contribution in [1.82, 2.24) is 5.32 Å². The van der Waals surface area contributed by atoms with Crippen molar-refractivity contribution in [3.05, 3.63) is 29.8 Å². The van der Waals surface area contributed by atoms with Crippen LogP contribution in [-0.4, -0.2) is 19.2 Å². The molecule has 2 heteroatoms. The van der Waals surface area contributed by atoms with Gasteiger partial charge in [0.05, 0.1) is 0 Å². The lowest BCUT2D eigenvalue weighted by atomic mass is 10.1. The van der Waals surface area contributed by atoms with Crippen LogP contribution in [0.3, 0.4) is 0 Å². The molecule has 76 valence electrons. The molecule has 1 heterocycles. The van der Waals surface area contributed by atoms with Gasteiger partial charge in [-0.3, -0.25) is 0 Å². The number of rotatable bonds is 2. The lowest BCUT2D eigenvalue weighted by molar-refractivity contribution is 0.270. The van der Waals surface area contributed by atoms with Crippen LogP contribution >= 0.6 is 0 Å². The molecule has 1 aliphatic heterocycles. The highest BCUT2D eigenvalue weighted by Crippen LogP contribution is 2.23. The molecular weight excluding hydrogens is 174 g/mol. The van der Waals surface area contributed by atoms with Crippen LogP contribution in [0.2, 0.25) is 0 Å².